The first-order chi connectivity index (χ1) is 12.1. The zero-order valence-corrected chi connectivity index (χ0v) is 17.6. The number of piperazine rings is 1. The van der Waals surface area contributed by atoms with Gasteiger partial charge < -0.3 is 10.2 Å². The lowest BCUT2D eigenvalue weighted by Gasteiger charge is -2.31. The minimum atomic E-state index is -3.61. The van der Waals surface area contributed by atoms with Gasteiger partial charge in [0.2, 0.25) is 10.0 Å². The molecule has 146 valence electrons. The normalized spacial score (nSPS) is 18.1. The molecule has 0 bridgehead atoms. The van der Waals surface area contributed by atoms with Crippen LogP contribution in [0.25, 0.3) is 0 Å². The average Bonchev–Trinajstić information content (AvgIpc) is 2.57. The molecule has 0 unspecified atom stereocenters. The molecular formula is C17H26Cl2N3O3S+. The molecular weight excluding hydrogens is 397 g/mol. The van der Waals surface area contributed by atoms with Crippen LogP contribution < -0.4 is 10.2 Å². The first-order valence-corrected chi connectivity index (χ1v) is 10.9. The van der Waals surface area contributed by atoms with Gasteiger partial charge in [0, 0.05) is 6.04 Å². The van der Waals surface area contributed by atoms with Gasteiger partial charge in [-0.25, -0.2) is 8.42 Å². The van der Waals surface area contributed by atoms with Gasteiger partial charge in [0.15, 0.2) is 6.54 Å². The third kappa shape index (κ3) is 5.33. The molecule has 0 aliphatic carbocycles. The summed E-state index contributed by atoms with van der Waals surface area (Å²) < 4.78 is 26.9. The van der Waals surface area contributed by atoms with E-state index < -0.39 is 10.0 Å². The third-order valence-corrected chi connectivity index (χ3v) is 7.39. The maximum absolute atomic E-state index is 12.7. The summed E-state index contributed by atoms with van der Waals surface area (Å²) in [5, 5.41) is 3.52. The topological polar surface area (TPSA) is 70.9 Å². The van der Waals surface area contributed by atoms with Crippen LogP contribution in [0.4, 0.5) is 0 Å². The highest BCUT2D eigenvalue weighted by Gasteiger charge is 2.31. The second kappa shape index (κ2) is 8.89. The van der Waals surface area contributed by atoms with E-state index in [9.17, 15) is 13.2 Å². The molecule has 1 aliphatic rings. The first kappa shape index (κ1) is 21.4. The van der Waals surface area contributed by atoms with Crippen LogP contribution in [0.3, 0.4) is 0 Å². The van der Waals surface area contributed by atoms with Crippen LogP contribution in [0.1, 0.15) is 20.8 Å². The Morgan fingerprint density at radius 1 is 1.19 bits per heavy atom. The summed E-state index contributed by atoms with van der Waals surface area (Å²) >= 11 is 11.8. The molecule has 1 aliphatic heterocycles. The lowest BCUT2D eigenvalue weighted by atomic mass is 10.1. The molecule has 1 fully saturated rings. The Morgan fingerprint density at radius 3 is 2.35 bits per heavy atom. The zero-order chi connectivity index (χ0) is 19.5. The smallest absolute Gasteiger partial charge is 0.275 e. The number of amides is 1. The summed E-state index contributed by atoms with van der Waals surface area (Å²) in [5.74, 6) is 0.379. The Balaban J connectivity index is 1.93. The highest BCUT2D eigenvalue weighted by molar-refractivity contribution is 7.89. The summed E-state index contributed by atoms with van der Waals surface area (Å²) in [5.41, 5.74) is 0. The van der Waals surface area contributed by atoms with Gasteiger partial charge in [-0.3, -0.25) is 4.79 Å². The van der Waals surface area contributed by atoms with Crippen LogP contribution in [0, 0.1) is 5.92 Å². The van der Waals surface area contributed by atoms with E-state index in [1.54, 1.807) is 0 Å². The second-order valence-electron chi connectivity index (χ2n) is 7.01. The summed E-state index contributed by atoms with van der Waals surface area (Å²) in [6.07, 6.45) is 0. The van der Waals surface area contributed by atoms with Gasteiger partial charge >= 0.3 is 0 Å². The summed E-state index contributed by atoms with van der Waals surface area (Å²) in [4.78, 5) is 13.3. The van der Waals surface area contributed by atoms with Gasteiger partial charge in [-0.15, -0.1) is 0 Å². The lowest BCUT2D eigenvalue weighted by Crippen LogP contribution is -3.15. The van der Waals surface area contributed by atoms with Crippen molar-refractivity contribution in [2.24, 2.45) is 5.92 Å². The number of halogens is 2. The van der Waals surface area contributed by atoms with Crippen LogP contribution in [0.5, 0.6) is 0 Å². The Labute approximate surface area is 165 Å². The molecule has 2 rings (SSSR count). The molecule has 1 saturated heterocycles. The number of hydrogen-bond acceptors (Lipinski definition) is 3. The molecule has 6 nitrogen and oxygen atoms in total. The van der Waals surface area contributed by atoms with Crippen LogP contribution in [-0.4, -0.2) is 57.4 Å². The van der Waals surface area contributed by atoms with Gasteiger partial charge in [0.25, 0.3) is 5.91 Å². The maximum atomic E-state index is 12.7. The largest absolute Gasteiger partial charge is 0.348 e. The minimum absolute atomic E-state index is 0.00184. The van der Waals surface area contributed by atoms with Crippen LogP contribution in [0.15, 0.2) is 23.1 Å². The second-order valence-corrected chi connectivity index (χ2v) is 9.76. The number of hydrogen-bond donors (Lipinski definition) is 2. The summed E-state index contributed by atoms with van der Waals surface area (Å²) in [6, 6.07) is 4.44. The number of rotatable bonds is 6. The van der Waals surface area contributed by atoms with Crippen molar-refractivity contribution in [3.63, 3.8) is 0 Å². The number of quaternary nitrogens is 1. The number of carbonyl (C=O) groups is 1. The van der Waals surface area contributed by atoms with Crippen molar-refractivity contribution in [2.75, 3.05) is 32.7 Å². The molecule has 26 heavy (non-hydrogen) atoms. The number of nitrogens with one attached hydrogen (secondary N) is 2. The molecule has 0 radical (unpaired) electrons. The molecule has 9 heteroatoms. The van der Waals surface area contributed by atoms with E-state index in [0.717, 1.165) is 4.90 Å². The summed E-state index contributed by atoms with van der Waals surface area (Å²) in [7, 11) is -3.61. The summed E-state index contributed by atoms with van der Waals surface area (Å²) in [6.45, 7) is 8.37. The molecule has 1 heterocycles. The molecule has 0 saturated carbocycles. The van der Waals surface area contributed by atoms with Crippen LogP contribution in [-0.2, 0) is 14.8 Å². The minimum Gasteiger partial charge on any atom is -0.348 e. The molecule has 2 N–H and O–H groups in total. The van der Waals surface area contributed by atoms with E-state index in [-0.39, 0.29) is 21.9 Å². The molecule has 1 aromatic rings. The van der Waals surface area contributed by atoms with Crippen molar-refractivity contribution >= 4 is 39.1 Å². The van der Waals surface area contributed by atoms with Crippen molar-refractivity contribution in [1.82, 2.24) is 9.62 Å². The fourth-order valence-electron chi connectivity index (χ4n) is 2.70. The van der Waals surface area contributed by atoms with E-state index in [2.05, 4.69) is 19.2 Å². The lowest BCUT2D eigenvalue weighted by molar-refractivity contribution is -0.895. The Bertz CT molecular complexity index is 748. The van der Waals surface area contributed by atoms with E-state index in [0.29, 0.717) is 43.7 Å². The number of sulfonamides is 1. The predicted octanol–water partition coefficient (Wildman–Crippen LogP) is 1.04. The average molecular weight is 423 g/mol. The maximum Gasteiger partial charge on any atom is 0.275 e. The van der Waals surface area contributed by atoms with E-state index in [1.165, 1.54) is 22.5 Å². The zero-order valence-electron chi connectivity index (χ0n) is 15.3. The molecule has 0 spiro atoms. The Hall–Kier alpha value is -0.860. The third-order valence-electron chi connectivity index (χ3n) is 4.76. The number of benzene rings is 1. The van der Waals surface area contributed by atoms with Crippen molar-refractivity contribution in [2.45, 2.75) is 31.7 Å². The van der Waals surface area contributed by atoms with E-state index in [1.807, 2.05) is 6.92 Å². The van der Waals surface area contributed by atoms with Crippen molar-refractivity contribution in [1.29, 1.82) is 0 Å². The van der Waals surface area contributed by atoms with E-state index >= 15 is 0 Å². The van der Waals surface area contributed by atoms with Gasteiger partial charge in [0.1, 0.15) is 0 Å². The fraction of sp³-hybridized carbons (Fsp3) is 0.588. The molecule has 1 amide bonds. The van der Waals surface area contributed by atoms with Gasteiger partial charge in [-0.05, 0) is 31.0 Å². The SMILES string of the molecule is CC(C)[C@H](C)NC(=O)C[NH+]1CCN(S(=O)(=O)c2ccc(Cl)c(Cl)c2)CC1. The van der Waals surface area contributed by atoms with Crippen LogP contribution in [0.2, 0.25) is 10.0 Å². The van der Waals surface area contributed by atoms with E-state index in [4.69, 9.17) is 23.2 Å². The van der Waals surface area contributed by atoms with Crippen molar-refractivity contribution < 1.29 is 18.1 Å². The fourth-order valence-corrected chi connectivity index (χ4v) is 4.54. The monoisotopic (exact) mass is 422 g/mol. The molecule has 1 aromatic carbocycles. The molecule has 0 aromatic heterocycles. The molecule has 1 atom stereocenters. The van der Waals surface area contributed by atoms with Gasteiger partial charge in [-0.2, -0.15) is 4.31 Å². The standard InChI is InChI=1S/C17H25Cl2N3O3S/c1-12(2)13(3)20-17(23)11-21-6-8-22(9-7-21)26(24,25)14-4-5-15(18)16(19)10-14/h4-5,10,12-13H,6-9,11H2,1-3H3,(H,20,23)/p+1/t13-/m0/s1. The van der Waals surface area contributed by atoms with Gasteiger partial charge in [-0.1, -0.05) is 37.0 Å². The number of carbonyl (C=O) groups excluding carboxylic acids is 1. The van der Waals surface area contributed by atoms with Crippen molar-refractivity contribution in [3.8, 4) is 0 Å². The van der Waals surface area contributed by atoms with Crippen LogP contribution >= 0.6 is 23.2 Å². The van der Waals surface area contributed by atoms with Crippen molar-refractivity contribution in [3.05, 3.63) is 28.2 Å². The predicted molar refractivity (Wildman–Crippen MR) is 103 cm³/mol. The van der Waals surface area contributed by atoms with Gasteiger partial charge in [0.05, 0.1) is 41.1 Å². The first-order valence-electron chi connectivity index (χ1n) is 8.69. The Morgan fingerprint density at radius 2 is 1.81 bits per heavy atom. The number of nitrogens with zero attached hydrogens (tertiary/aromatic N) is 1. The highest BCUT2D eigenvalue weighted by atomic mass is 35.5. The Kier molecular flexibility index (Phi) is 7.33. The quantitative estimate of drug-likeness (QED) is 0.719. The highest BCUT2D eigenvalue weighted by Crippen LogP contribution is 2.26.